The van der Waals surface area contributed by atoms with Crippen LogP contribution < -0.4 is 14.5 Å². The highest BCUT2D eigenvalue weighted by atomic mass is 16.5. The summed E-state index contributed by atoms with van der Waals surface area (Å²) in [7, 11) is 0. The molecule has 1 fully saturated rings. The number of amides is 2. The Balaban J connectivity index is 1.49. The highest BCUT2D eigenvalue weighted by Crippen LogP contribution is 2.36. The molecule has 6 heteroatoms. The molecule has 3 aromatic carbocycles. The van der Waals surface area contributed by atoms with Crippen LogP contribution in [0.25, 0.3) is 5.57 Å². The van der Waals surface area contributed by atoms with Crippen molar-refractivity contribution in [1.29, 1.82) is 0 Å². The number of hydrogen-bond acceptors (Lipinski definition) is 5. The van der Waals surface area contributed by atoms with Crippen LogP contribution in [0.4, 0.5) is 11.4 Å². The summed E-state index contributed by atoms with van der Waals surface area (Å²) >= 11 is 0. The standard InChI is InChI=1S/C28H27N3O3/c1-2-34-24-15-13-21(14-16-24)25-26(28(33)31(27(25)32)23-11-7-4-8-12-23)30-19-17-29(18-20-30)22-9-5-3-6-10-22/h3-16H,2,17-20H2,1H3. The van der Waals surface area contributed by atoms with E-state index < -0.39 is 0 Å². The Labute approximate surface area is 199 Å². The molecule has 1 saturated heterocycles. The van der Waals surface area contributed by atoms with Crippen molar-refractivity contribution < 1.29 is 14.3 Å². The third-order valence-corrected chi connectivity index (χ3v) is 6.25. The molecular formula is C28H27N3O3. The van der Waals surface area contributed by atoms with Gasteiger partial charge in [0.25, 0.3) is 11.8 Å². The second kappa shape index (κ2) is 9.43. The quantitative estimate of drug-likeness (QED) is 0.524. The Hall–Kier alpha value is -4.06. The van der Waals surface area contributed by atoms with Crippen molar-refractivity contribution in [2.24, 2.45) is 0 Å². The highest BCUT2D eigenvalue weighted by Gasteiger charge is 2.43. The molecule has 2 heterocycles. The van der Waals surface area contributed by atoms with E-state index >= 15 is 0 Å². The predicted molar refractivity (Wildman–Crippen MR) is 134 cm³/mol. The Kier molecular flexibility index (Phi) is 6.04. The van der Waals surface area contributed by atoms with E-state index in [0.717, 1.165) is 24.4 Å². The first-order valence-electron chi connectivity index (χ1n) is 11.6. The minimum absolute atomic E-state index is 0.270. The minimum atomic E-state index is -0.291. The number of benzene rings is 3. The lowest BCUT2D eigenvalue weighted by Crippen LogP contribution is -2.47. The molecule has 172 valence electrons. The maximum Gasteiger partial charge on any atom is 0.282 e. The Morgan fingerprint density at radius 3 is 1.82 bits per heavy atom. The normalized spacial score (nSPS) is 16.4. The lowest BCUT2D eigenvalue weighted by atomic mass is 10.0. The number of hydrogen-bond donors (Lipinski definition) is 0. The molecule has 34 heavy (non-hydrogen) atoms. The van der Waals surface area contributed by atoms with Gasteiger partial charge in [-0.1, -0.05) is 48.5 Å². The van der Waals surface area contributed by atoms with Gasteiger partial charge in [0, 0.05) is 31.9 Å². The van der Waals surface area contributed by atoms with Crippen LogP contribution in [0.1, 0.15) is 12.5 Å². The van der Waals surface area contributed by atoms with Crippen LogP contribution in [-0.2, 0) is 9.59 Å². The van der Waals surface area contributed by atoms with E-state index in [4.69, 9.17) is 4.74 Å². The van der Waals surface area contributed by atoms with Crippen LogP contribution >= 0.6 is 0 Å². The number of para-hydroxylation sites is 2. The third-order valence-electron chi connectivity index (χ3n) is 6.25. The Bertz CT molecular complexity index is 1200. The summed E-state index contributed by atoms with van der Waals surface area (Å²) in [6.45, 7) is 5.37. The van der Waals surface area contributed by atoms with E-state index in [1.54, 1.807) is 12.1 Å². The van der Waals surface area contributed by atoms with E-state index in [0.29, 0.717) is 36.7 Å². The molecule has 0 bridgehead atoms. The van der Waals surface area contributed by atoms with Gasteiger partial charge in [0.1, 0.15) is 11.4 Å². The Morgan fingerprint density at radius 1 is 0.676 bits per heavy atom. The molecule has 5 rings (SSSR count). The van der Waals surface area contributed by atoms with Gasteiger partial charge < -0.3 is 14.5 Å². The van der Waals surface area contributed by atoms with Gasteiger partial charge in [-0.05, 0) is 48.9 Å². The molecule has 3 aromatic rings. The lowest BCUT2D eigenvalue weighted by Gasteiger charge is -2.37. The first-order valence-corrected chi connectivity index (χ1v) is 11.6. The highest BCUT2D eigenvalue weighted by molar-refractivity contribution is 6.45. The summed E-state index contributed by atoms with van der Waals surface area (Å²) in [6, 6.07) is 26.8. The van der Waals surface area contributed by atoms with Crippen molar-refractivity contribution in [2.45, 2.75) is 6.92 Å². The average molecular weight is 454 g/mol. The van der Waals surface area contributed by atoms with Crippen LogP contribution in [0, 0.1) is 0 Å². The number of carbonyl (C=O) groups is 2. The molecule has 0 aliphatic carbocycles. The van der Waals surface area contributed by atoms with E-state index in [1.807, 2.05) is 67.6 Å². The molecule has 6 nitrogen and oxygen atoms in total. The maximum atomic E-state index is 13.7. The van der Waals surface area contributed by atoms with Gasteiger partial charge >= 0.3 is 0 Å². The van der Waals surface area contributed by atoms with E-state index in [-0.39, 0.29) is 11.8 Å². The first kappa shape index (κ1) is 21.8. The first-order chi connectivity index (χ1) is 16.7. The fourth-order valence-corrected chi connectivity index (χ4v) is 4.59. The largest absolute Gasteiger partial charge is 0.494 e. The lowest BCUT2D eigenvalue weighted by molar-refractivity contribution is -0.120. The van der Waals surface area contributed by atoms with Crippen molar-refractivity contribution >= 4 is 28.8 Å². The molecule has 0 saturated carbocycles. The molecule has 0 unspecified atom stereocenters. The molecule has 0 aromatic heterocycles. The average Bonchev–Trinajstić information content (AvgIpc) is 3.15. The van der Waals surface area contributed by atoms with E-state index in [2.05, 4.69) is 21.9 Å². The summed E-state index contributed by atoms with van der Waals surface area (Å²) in [4.78, 5) is 33.0. The zero-order valence-corrected chi connectivity index (χ0v) is 19.2. The van der Waals surface area contributed by atoms with Crippen molar-refractivity contribution in [1.82, 2.24) is 4.90 Å². The topological polar surface area (TPSA) is 53.1 Å². The SMILES string of the molecule is CCOc1ccc(C2=C(N3CCN(c4ccccc4)CC3)C(=O)N(c3ccccc3)C2=O)cc1. The summed E-state index contributed by atoms with van der Waals surface area (Å²) in [5.41, 5.74) is 3.40. The summed E-state index contributed by atoms with van der Waals surface area (Å²) < 4.78 is 5.56. The number of imide groups is 1. The van der Waals surface area contributed by atoms with Gasteiger partial charge in [0.15, 0.2) is 0 Å². The van der Waals surface area contributed by atoms with Crippen LogP contribution in [0.2, 0.25) is 0 Å². The zero-order chi connectivity index (χ0) is 23.5. The van der Waals surface area contributed by atoms with Crippen LogP contribution in [0.3, 0.4) is 0 Å². The summed E-state index contributed by atoms with van der Waals surface area (Å²) in [5.74, 6) is 0.177. The van der Waals surface area contributed by atoms with Crippen LogP contribution in [-0.4, -0.2) is 49.5 Å². The van der Waals surface area contributed by atoms with Crippen LogP contribution in [0.15, 0.2) is 90.6 Å². The number of nitrogens with zero attached hydrogens (tertiary/aromatic N) is 3. The van der Waals surface area contributed by atoms with E-state index in [1.165, 1.54) is 10.6 Å². The Morgan fingerprint density at radius 2 is 1.24 bits per heavy atom. The molecule has 2 aliphatic heterocycles. The maximum absolute atomic E-state index is 13.7. The van der Waals surface area contributed by atoms with Gasteiger partial charge in [0.2, 0.25) is 0 Å². The second-order valence-corrected chi connectivity index (χ2v) is 8.27. The van der Waals surface area contributed by atoms with Crippen molar-refractivity contribution in [3.05, 3.63) is 96.2 Å². The van der Waals surface area contributed by atoms with Gasteiger partial charge in [-0.3, -0.25) is 9.59 Å². The summed E-state index contributed by atoms with van der Waals surface area (Å²) in [6.07, 6.45) is 0. The zero-order valence-electron chi connectivity index (χ0n) is 19.2. The van der Waals surface area contributed by atoms with Gasteiger partial charge in [-0.2, -0.15) is 0 Å². The van der Waals surface area contributed by atoms with Crippen molar-refractivity contribution in [3.63, 3.8) is 0 Å². The molecule has 0 atom stereocenters. The van der Waals surface area contributed by atoms with Crippen molar-refractivity contribution in [2.75, 3.05) is 42.6 Å². The van der Waals surface area contributed by atoms with Gasteiger partial charge in [-0.25, -0.2) is 4.90 Å². The molecule has 2 aliphatic rings. The molecule has 0 N–H and O–H groups in total. The number of piperazine rings is 1. The molecular weight excluding hydrogens is 426 g/mol. The van der Waals surface area contributed by atoms with Gasteiger partial charge in [-0.15, -0.1) is 0 Å². The monoisotopic (exact) mass is 453 g/mol. The summed E-state index contributed by atoms with van der Waals surface area (Å²) in [5, 5.41) is 0. The number of carbonyl (C=O) groups excluding carboxylic acids is 2. The predicted octanol–water partition coefficient (Wildman–Crippen LogP) is 4.19. The third kappa shape index (κ3) is 4.03. The number of anilines is 2. The second-order valence-electron chi connectivity index (χ2n) is 8.27. The van der Waals surface area contributed by atoms with Gasteiger partial charge in [0.05, 0.1) is 17.9 Å². The van der Waals surface area contributed by atoms with Crippen molar-refractivity contribution in [3.8, 4) is 5.75 Å². The molecule has 0 spiro atoms. The van der Waals surface area contributed by atoms with Crippen LogP contribution in [0.5, 0.6) is 5.75 Å². The fraction of sp³-hybridized carbons (Fsp3) is 0.214. The molecule has 2 amide bonds. The number of rotatable bonds is 6. The van der Waals surface area contributed by atoms with E-state index in [9.17, 15) is 9.59 Å². The fourth-order valence-electron chi connectivity index (χ4n) is 4.59. The molecule has 0 radical (unpaired) electrons. The smallest absolute Gasteiger partial charge is 0.282 e. The minimum Gasteiger partial charge on any atom is -0.494 e. The number of ether oxygens (including phenoxy) is 1.